The minimum Gasteiger partial charge on any atom is -0.312 e. The number of hydrogen-bond acceptors (Lipinski definition) is 2. The average Bonchev–Trinajstić information content (AvgIpc) is 2.43. The molecule has 0 aromatic heterocycles. The monoisotopic (exact) mass is 297 g/mol. The fourth-order valence-electron chi connectivity index (χ4n) is 1.81. The smallest absolute Gasteiger partial charge is 0.159 e. The summed E-state index contributed by atoms with van der Waals surface area (Å²) in [5, 5.41) is 3.05. The summed E-state index contributed by atoms with van der Waals surface area (Å²) in [5.74, 6) is -1.42. The first-order chi connectivity index (χ1) is 9.60. The van der Waals surface area contributed by atoms with Gasteiger partial charge in [-0.15, -0.1) is 11.8 Å². The van der Waals surface area contributed by atoms with Gasteiger partial charge in [-0.1, -0.05) is 12.1 Å². The van der Waals surface area contributed by atoms with Gasteiger partial charge < -0.3 is 5.32 Å². The Balaban J connectivity index is 2.07. The van der Waals surface area contributed by atoms with E-state index in [9.17, 15) is 13.2 Å². The summed E-state index contributed by atoms with van der Waals surface area (Å²) in [6.45, 7) is 0. The number of rotatable bonds is 5. The standard InChI is InChI=1S/C15H14F3NS/c1-19-15(10-5-6-13(17)14(18)7-10)9-20-12-4-2-3-11(16)8-12/h2-8,15,19H,9H2,1H3. The Morgan fingerprint density at radius 1 is 1.05 bits per heavy atom. The first-order valence-corrected chi connectivity index (χ1v) is 7.09. The van der Waals surface area contributed by atoms with E-state index in [1.165, 1.54) is 30.0 Å². The zero-order chi connectivity index (χ0) is 14.5. The minimum absolute atomic E-state index is 0.140. The van der Waals surface area contributed by atoms with E-state index in [0.29, 0.717) is 11.3 Å². The van der Waals surface area contributed by atoms with Gasteiger partial charge in [0.25, 0.3) is 0 Å². The molecule has 1 nitrogen and oxygen atoms in total. The summed E-state index contributed by atoms with van der Waals surface area (Å²) >= 11 is 1.45. The highest BCUT2D eigenvalue weighted by molar-refractivity contribution is 7.99. The van der Waals surface area contributed by atoms with E-state index in [4.69, 9.17) is 0 Å². The highest BCUT2D eigenvalue weighted by Crippen LogP contribution is 2.25. The number of hydrogen-bond donors (Lipinski definition) is 1. The van der Waals surface area contributed by atoms with Crippen molar-refractivity contribution in [1.82, 2.24) is 5.32 Å². The Hall–Kier alpha value is -1.46. The Kier molecular flexibility index (Phi) is 5.09. The van der Waals surface area contributed by atoms with Crippen LogP contribution in [0.15, 0.2) is 47.4 Å². The van der Waals surface area contributed by atoms with Crippen LogP contribution in [0.5, 0.6) is 0 Å². The molecule has 106 valence electrons. The zero-order valence-corrected chi connectivity index (χ0v) is 11.7. The molecule has 2 aromatic rings. The molecule has 1 N–H and O–H groups in total. The van der Waals surface area contributed by atoms with Crippen LogP contribution >= 0.6 is 11.8 Å². The van der Waals surface area contributed by atoms with Crippen molar-refractivity contribution in [2.45, 2.75) is 10.9 Å². The lowest BCUT2D eigenvalue weighted by molar-refractivity contribution is 0.504. The molecule has 1 unspecified atom stereocenters. The summed E-state index contributed by atoms with van der Waals surface area (Å²) in [4.78, 5) is 0.799. The fraction of sp³-hybridized carbons (Fsp3) is 0.200. The molecule has 0 fully saturated rings. The molecule has 0 aliphatic carbocycles. The molecule has 0 bridgehead atoms. The van der Waals surface area contributed by atoms with E-state index in [-0.39, 0.29) is 11.9 Å². The van der Waals surface area contributed by atoms with E-state index in [1.807, 2.05) is 6.07 Å². The van der Waals surface area contributed by atoms with Crippen LogP contribution in [0.25, 0.3) is 0 Å². The lowest BCUT2D eigenvalue weighted by Crippen LogP contribution is -2.19. The van der Waals surface area contributed by atoms with Crippen molar-refractivity contribution in [2.24, 2.45) is 0 Å². The first-order valence-electron chi connectivity index (χ1n) is 6.10. The van der Waals surface area contributed by atoms with Crippen molar-refractivity contribution in [3.05, 3.63) is 65.5 Å². The van der Waals surface area contributed by atoms with Gasteiger partial charge >= 0.3 is 0 Å². The van der Waals surface area contributed by atoms with Crippen molar-refractivity contribution in [3.8, 4) is 0 Å². The van der Waals surface area contributed by atoms with Crippen LogP contribution in [0, 0.1) is 17.5 Å². The molecule has 1 atom stereocenters. The first kappa shape index (κ1) is 14.9. The van der Waals surface area contributed by atoms with Crippen LogP contribution in [0.2, 0.25) is 0 Å². The molecule has 0 radical (unpaired) electrons. The van der Waals surface area contributed by atoms with Gasteiger partial charge in [0, 0.05) is 16.7 Å². The lowest BCUT2D eigenvalue weighted by Gasteiger charge is -2.16. The molecular formula is C15H14F3NS. The maximum atomic E-state index is 13.2. The molecule has 0 saturated heterocycles. The van der Waals surface area contributed by atoms with Crippen LogP contribution in [0.4, 0.5) is 13.2 Å². The van der Waals surface area contributed by atoms with Crippen molar-refractivity contribution in [1.29, 1.82) is 0 Å². The number of nitrogens with one attached hydrogen (secondary N) is 1. The third-order valence-corrected chi connectivity index (χ3v) is 3.99. The quantitative estimate of drug-likeness (QED) is 0.832. The van der Waals surface area contributed by atoms with Gasteiger partial charge in [0.2, 0.25) is 0 Å². The minimum atomic E-state index is -0.862. The molecule has 0 aliphatic rings. The highest BCUT2D eigenvalue weighted by Gasteiger charge is 2.12. The predicted octanol–water partition coefficient (Wildman–Crippen LogP) is 4.16. The van der Waals surface area contributed by atoms with Crippen LogP contribution in [-0.2, 0) is 0 Å². The molecule has 0 spiro atoms. The fourth-order valence-corrected chi connectivity index (χ4v) is 2.90. The van der Waals surface area contributed by atoms with E-state index >= 15 is 0 Å². The van der Waals surface area contributed by atoms with Gasteiger partial charge in [0.1, 0.15) is 5.82 Å². The maximum Gasteiger partial charge on any atom is 0.159 e. The van der Waals surface area contributed by atoms with Gasteiger partial charge in [-0.05, 0) is 42.9 Å². The van der Waals surface area contributed by atoms with Crippen LogP contribution in [-0.4, -0.2) is 12.8 Å². The SMILES string of the molecule is CNC(CSc1cccc(F)c1)c1ccc(F)c(F)c1. The summed E-state index contributed by atoms with van der Waals surface area (Å²) < 4.78 is 39.2. The largest absolute Gasteiger partial charge is 0.312 e. The zero-order valence-electron chi connectivity index (χ0n) is 10.9. The van der Waals surface area contributed by atoms with Crippen molar-refractivity contribution >= 4 is 11.8 Å². The molecule has 2 aromatic carbocycles. The van der Waals surface area contributed by atoms with Crippen molar-refractivity contribution in [2.75, 3.05) is 12.8 Å². The topological polar surface area (TPSA) is 12.0 Å². The summed E-state index contributed by atoms with van der Waals surface area (Å²) in [6.07, 6.45) is 0. The summed E-state index contributed by atoms with van der Waals surface area (Å²) in [5.41, 5.74) is 0.662. The van der Waals surface area contributed by atoms with Crippen LogP contribution < -0.4 is 5.32 Å². The Bertz CT molecular complexity index is 589. The highest BCUT2D eigenvalue weighted by atomic mass is 32.2. The van der Waals surface area contributed by atoms with Gasteiger partial charge in [0.15, 0.2) is 11.6 Å². The molecular weight excluding hydrogens is 283 g/mol. The lowest BCUT2D eigenvalue weighted by atomic mass is 10.1. The number of halogens is 3. The van der Waals surface area contributed by atoms with E-state index in [2.05, 4.69) is 5.32 Å². The molecule has 2 rings (SSSR count). The Labute approximate surface area is 120 Å². The third kappa shape index (κ3) is 3.77. The van der Waals surface area contributed by atoms with E-state index in [1.54, 1.807) is 19.2 Å². The molecule has 0 amide bonds. The molecule has 0 saturated carbocycles. The second-order valence-electron chi connectivity index (χ2n) is 4.28. The molecule has 20 heavy (non-hydrogen) atoms. The van der Waals surface area contributed by atoms with Crippen molar-refractivity contribution in [3.63, 3.8) is 0 Å². The second-order valence-corrected chi connectivity index (χ2v) is 5.38. The average molecular weight is 297 g/mol. The third-order valence-electron chi connectivity index (χ3n) is 2.91. The number of benzene rings is 2. The van der Waals surface area contributed by atoms with Crippen LogP contribution in [0.3, 0.4) is 0 Å². The summed E-state index contributed by atoms with van der Waals surface area (Å²) in [6, 6.07) is 9.99. The van der Waals surface area contributed by atoms with E-state index < -0.39 is 11.6 Å². The summed E-state index contributed by atoms with van der Waals surface area (Å²) in [7, 11) is 1.75. The van der Waals surface area contributed by atoms with Gasteiger partial charge in [-0.3, -0.25) is 0 Å². The second kappa shape index (κ2) is 6.81. The van der Waals surface area contributed by atoms with Gasteiger partial charge in [-0.2, -0.15) is 0 Å². The predicted molar refractivity (Wildman–Crippen MR) is 75.3 cm³/mol. The van der Waals surface area contributed by atoms with Crippen molar-refractivity contribution < 1.29 is 13.2 Å². The molecule has 0 heterocycles. The molecule has 5 heteroatoms. The molecule has 0 aliphatic heterocycles. The van der Waals surface area contributed by atoms with Crippen LogP contribution in [0.1, 0.15) is 11.6 Å². The Morgan fingerprint density at radius 3 is 2.50 bits per heavy atom. The van der Waals surface area contributed by atoms with E-state index in [0.717, 1.165) is 11.0 Å². The normalized spacial score (nSPS) is 12.4. The maximum absolute atomic E-state index is 13.2. The van der Waals surface area contributed by atoms with Gasteiger partial charge in [0.05, 0.1) is 0 Å². The Morgan fingerprint density at radius 2 is 1.85 bits per heavy atom. The number of thioether (sulfide) groups is 1. The van der Waals surface area contributed by atoms with Gasteiger partial charge in [-0.25, -0.2) is 13.2 Å².